The van der Waals surface area contributed by atoms with E-state index in [1.54, 1.807) is 0 Å². The van der Waals surface area contributed by atoms with Crippen LogP contribution in [0, 0.1) is 17.8 Å². The Labute approximate surface area is 161 Å². The molecule has 3 N–H and O–H groups in total. The molecule has 3 atom stereocenters. The van der Waals surface area contributed by atoms with E-state index < -0.39 is 0 Å². The van der Waals surface area contributed by atoms with Gasteiger partial charge in [-0.3, -0.25) is 20.3 Å². The fourth-order valence-electron chi connectivity index (χ4n) is 4.91. The molecule has 1 aromatic heterocycles. The molecule has 4 heterocycles. The van der Waals surface area contributed by atoms with E-state index in [4.69, 9.17) is 0 Å². The van der Waals surface area contributed by atoms with Crippen molar-refractivity contribution in [3.05, 3.63) is 11.9 Å². The molecular formula is C19H33N7O. The standard InChI is InChI=1S/C19H33N7O/c1-2-15-11-21-23-18(15)16-5-8-25(9-6-16)19(27)17-13-26(24-22-17)12-14-4-3-7-20-10-14/h13-16,18,20-21,23H,2-12H2,1H3. The second-order valence-corrected chi connectivity index (χ2v) is 8.39. The minimum Gasteiger partial charge on any atom is -0.337 e. The van der Waals surface area contributed by atoms with Crippen LogP contribution in [0.25, 0.3) is 0 Å². The normalized spacial score (nSPS) is 30.0. The summed E-state index contributed by atoms with van der Waals surface area (Å²) < 4.78 is 1.84. The topological polar surface area (TPSA) is 87.1 Å². The molecule has 150 valence electrons. The molecule has 3 aliphatic rings. The van der Waals surface area contributed by atoms with Crippen molar-refractivity contribution < 1.29 is 4.79 Å². The van der Waals surface area contributed by atoms with Crippen molar-refractivity contribution in [3.8, 4) is 0 Å². The fourth-order valence-corrected chi connectivity index (χ4v) is 4.91. The molecule has 0 bridgehead atoms. The lowest BCUT2D eigenvalue weighted by atomic mass is 9.82. The predicted octanol–water partition coefficient (Wildman–Crippen LogP) is 0.633. The van der Waals surface area contributed by atoms with Gasteiger partial charge in [0.05, 0.1) is 6.20 Å². The molecule has 0 radical (unpaired) electrons. The van der Waals surface area contributed by atoms with Crippen molar-refractivity contribution in [2.24, 2.45) is 17.8 Å². The third-order valence-corrected chi connectivity index (χ3v) is 6.60. The number of piperidine rings is 2. The molecule has 3 unspecified atom stereocenters. The van der Waals surface area contributed by atoms with Gasteiger partial charge >= 0.3 is 0 Å². The van der Waals surface area contributed by atoms with Crippen LogP contribution in [0.15, 0.2) is 6.20 Å². The monoisotopic (exact) mass is 375 g/mol. The van der Waals surface area contributed by atoms with Gasteiger partial charge < -0.3 is 10.2 Å². The predicted molar refractivity (Wildman–Crippen MR) is 103 cm³/mol. The van der Waals surface area contributed by atoms with Gasteiger partial charge in [0.1, 0.15) is 0 Å². The molecule has 0 aromatic carbocycles. The lowest BCUT2D eigenvalue weighted by Crippen LogP contribution is -2.46. The Morgan fingerprint density at radius 3 is 2.85 bits per heavy atom. The molecule has 1 amide bonds. The van der Waals surface area contributed by atoms with E-state index in [0.717, 1.165) is 52.1 Å². The van der Waals surface area contributed by atoms with E-state index in [9.17, 15) is 4.79 Å². The number of hydrogen-bond donors (Lipinski definition) is 3. The van der Waals surface area contributed by atoms with Crippen LogP contribution in [0.2, 0.25) is 0 Å². The van der Waals surface area contributed by atoms with Gasteiger partial charge in [-0.15, -0.1) is 5.10 Å². The van der Waals surface area contributed by atoms with Crippen LogP contribution < -0.4 is 16.2 Å². The second-order valence-electron chi connectivity index (χ2n) is 8.39. The molecule has 0 aliphatic carbocycles. The smallest absolute Gasteiger partial charge is 0.276 e. The minimum absolute atomic E-state index is 0.0333. The largest absolute Gasteiger partial charge is 0.337 e. The molecule has 3 saturated heterocycles. The fraction of sp³-hybridized carbons (Fsp3) is 0.842. The molecule has 8 nitrogen and oxygen atoms in total. The Morgan fingerprint density at radius 2 is 2.11 bits per heavy atom. The minimum atomic E-state index is 0.0333. The van der Waals surface area contributed by atoms with Gasteiger partial charge in [-0.25, -0.2) is 0 Å². The third-order valence-electron chi connectivity index (χ3n) is 6.60. The van der Waals surface area contributed by atoms with E-state index in [1.165, 1.54) is 19.3 Å². The van der Waals surface area contributed by atoms with E-state index in [0.29, 0.717) is 29.5 Å². The van der Waals surface area contributed by atoms with Crippen LogP contribution in [-0.2, 0) is 6.54 Å². The quantitative estimate of drug-likeness (QED) is 0.700. The molecule has 8 heteroatoms. The number of rotatable bonds is 5. The third kappa shape index (κ3) is 4.33. The number of carbonyl (C=O) groups is 1. The van der Waals surface area contributed by atoms with Gasteiger partial charge in [0.2, 0.25) is 0 Å². The van der Waals surface area contributed by atoms with E-state index in [1.807, 2.05) is 15.8 Å². The summed E-state index contributed by atoms with van der Waals surface area (Å²) in [4.78, 5) is 14.8. The van der Waals surface area contributed by atoms with Crippen LogP contribution in [0.3, 0.4) is 0 Å². The summed E-state index contributed by atoms with van der Waals surface area (Å²) in [5, 5.41) is 11.8. The van der Waals surface area contributed by atoms with E-state index in [-0.39, 0.29) is 5.91 Å². The van der Waals surface area contributed by atoms with Crippen molar-refractivity contribution in [2.45, 2.75) is 51.6 Å². The molecule has 4 rings (SSSR count). The lowest BCUT2D eigenvalue weighted by Gasteiger charge is -2.36. The van der Waals surface area contributed by atoms with Crippen LogP contribution in [-0.4, -0.2) is 64.6 Å². The highest BCUT2D eigenvalue weighted by molar-refractivity contribution is 5.91. The SMILES string of the molecule is CCC1CNNC1C1CCN(C(=O)c2cn(CC3CCCNC3)nn2)CC1. The van der Waals surface area contributed by atoms with Crippen LogP contribution >= 0.6 is 0 Å². The van der Waals surface area contributed by atoms with Crippen LogP contribution in [0.5, 0.6) is 0 Å². The Hall–Kier alpha value is -1.51. The van der Waals surface area contributed by atoms with Gasteiger partial charge in [0.15, 0.2) is 5.69 Å². The molecule has 0 saturated carbocycles. The van der Waals surface area contributed by atoms with Crippen molar-refractivity contribution in [1.82, 2.24) is 36.1 Å². The average Bonchev–Trinajstić information content (AvgIpc) is 3.38. The number of nitrogens with one attached hydrogen (secondary N) is 3. The van der Waals surface area contributed by atoms with Gasteiger partial charge in [-0.05, 0) is 56.5 Å². The maximum absolute atomic E-state index is 12.8. The van der Waals surface area contributed by atoms with Gasteiger partial charge in [-0.1, -0.05) is 18.6 Å². The van der Waals surface area contributed by atoms with Crippen molar-refractivity contribution in [2.75, 3.05) is 32.7 Å². The Bertz CT molecular complexity index is 619. The average molecular weight is 376 g/mol. The molecular weight excluding hydrogens is 342 g/mol. The van der Waals surface area contributed by atoms with Crippen LogP contribution in [0.1, 0.15) is 49.5 Å². The van der Waals surface area contributed by atoms with Gasteiger partial charge in [0, 0.05) is 32.2 Å². The Morgan fingerprint density at radius 1 is 1.26 bits per heavy atom. The first-order chi connectivity index (χ1) is 13.2. The lowest BCUT2D eigenvalue weighted by molar-refractivity contribution is 0.0657. The first kappa shape index (κ1) is 18.8. The summed E-state index contributed by atoms with van der Waals surface area (Å²) in [7, 11) is 0. The van der Waals surface area contributed by atoms with E-state index >= 15 is 0 Å². The summed E-state index contributed by atoms with van der Waals surface area (Å²) in [6.45, 7) is 7.93. The summed E-state index contributed by atoms with van der Waals surface area (Å²) in [6, 6.07) is 0.539. The Balaban J connectivity index is 1.29. The molecule has 27 heavy (non-hydrogen) atoms. The first-order valence-electron chi connectivity index (χ1n) is 10.6. The summed E-state index contributed by atoms with van der Waals surface area (Å²) in [6.07, 6.45) is 7.58. The van der Waals surface area contributed by atoms with Gasteiger partial charge in [-0.2, -0.15) is 0 Å². The number of nitrogens with zero attached hydrogens (tertiary/aromatic N) is 4. The zero-order chi connectivity index (χ0) is 18.6. The highest BCUT2D eigenvalue weighted by atomic mass is 16.2. The molecule has 1 aromatic rings. The summed E-state index contributed by atoms with van der Waals surface area (Å²) >= 11 is 0. The number of hydrogen-bond acceptors (Lipinski definition) is 6. The maximum Gasteiger partial charge on any atom is 0.276 e. The summed E-state index contributed by atoms with van der Waals surface area (Å²) in [5.41, 5.74) is 7.26. The maximum atomic E-state index is 12.8. The molecule has 3 aliphatic heterocycles. The number of carbonyl (C=O) groups excluding carboxylic acids is 1. The number of amides is 1. The highest BCUT2D eigenvalue weighted by Gasteiger charge is 2.35. The number of likely N-dealkylation sites (tertiary alicyclic amines) is 1. The van der Waals surface area contributed by atoms with Crippen molar-refractivity contribution in [1.29, 1.82) is 0 Å². The van der Waals surface area contributed by atoms with Gasteiger partial charge in [0.25, 0.3) is 5.91 Å². The zero-order valence-corrected chi connectivity index (χ0v) is 16.4. The van der Waals surface area contributed by atoms with E-state index in [2.05, 4.69) is 33.4 Å². The molecule has 0 spiro atoms. The second kappa shape index (κ2) is 8.67. The number of aromatic nitrogens is 3. The molecule has 3 fully saturated rings. The van der Waals surface area contributed by atoms with Crippen molar-refractivity contribution in [3.63, 3.8) is 0 Å². The zero-order valence-electron chi connectivity index (χ0n) is 16.4. The Kier molecular flexibility index (Phi) is 6.04. The number of hydrazine groups is 1. The van der Waals surface area contributed by atoms with Crippen LogP contribution in [0.4, 0.5) is 0 Å². The first-order valence-corrected chi connectivity index (χ1v) is 10.6. The summed E-state index contributed by atoms with van der Waals surface area (Å²) in [5.74, 6) is 1.96. The van der Waals surface area contributed by atoms with Crippen molar-refractivity contribution >= 4 is 5.91 Å². The highest BCUT2D eigenvalue weighted by Crippen LogP contribution is 2.28.